The molecule has 1 aliphatic rings. The van der Waals surface area contributed by atoms with Crippen LogP contribution < -0.4 is 20.9 Å². The second kappa shape index (κ2) is 10.2. The van der Waals surface area contributed by atoms with Crippen LogP contribution in [0.15, 0.2) is 29.6 Å². The molecule has 29 heavy (non-hydrogen) atoms. The van der Waals surface area contributed by atoms with Crippen LogP contribution in [0.5, 0.6) is 0 Å². The minimum absolute atomic E-state index is 0.00646. The summed E-state index contributed by atoms with van der Waals surface area (Å²) in [5.74, 6) is 0.872. The number of hydrogen-bond acceptors (Lipinski definition) is 7. The van der Waals surface area contributed by atoms with Crippen LogP contribution >= 0.6 is 11.5 Å². The Labute approximate surface area is 176 Å². The van der Waals surface area contributed by atoms with Gasteiger partial charge in [-0.2, -0.15) is 9.64 Å². The van der Waals surface area contributed by atoms with Gasteiger partial charge >= 0.3 is 0 Å². The molecule has 0 aliphatic carbocycles. The van der Waals surface area contributed by atoms with Crippen molar-refractivity contribution in [3.63, 3.8) is 0 Å². The fraction of sp³-hybridized carbons (Fsp3) is 0.476. The number of nitriles is 1. The van der Waals surface area contributed by atoms with Crippen molar-refractivity contribution < 1.29 is 4.79 Å². The zero-order valence-electron chi connectivity index (χ0n) is 16.9. The number of rotatable bonds is 8. The molecule has 1 aromatic heterocycles. The van der Waals surface area contributed by atoms with Crippen molar-refractivity contribution in [1.82, 2.24) is 15.0 Å². The van der Waals surface area contributed by atoms with Crippen molar-refractivity contribution in [1.29, 1.82) is 5.26 Å². The van der Waals surface area contributed by atoms with Crippen molar-refractivity contribution >= 4 is 28.9 Å². The van der Waals surface area contributed by atoms with Gasteiger partial charge in [0.05, 0.1) is 6.07 Å². The van der Waals surface area contributed by atoms with Gasteiger partial charge in [0.1, 0.15) is 18.4 Å². The molecule has 8 heteroatoms. The van der Waals surface area contributed by atoms with Crippen molar-refractivity contribution in [3.8, 4) is 17.2 Å². The molecule has 1 amide bonds. The first-order valence-corrected chi connectivity index (χ1v) is 10.8. The Morgan fingerprint density at radius 3 is 2.69 bits per heavy atom. The molecule has 2 heterocycles. The lowest BCUT2D eigenvalue weighted by molar-refractivity contribution is -0.121. The molecule has 0 radical (unpaired) electrons. The first-order valence-electron chi connectivity index (χ1n) is 10.00. The molecule has 0 unspecified atom stereocenters. The van der Waals surface area contributed by atoms with Crippen molar-refractivity contribution in [2.75, 3.05) is 42.9 Å². The van der Waals surface area contributed by atoms with Crippen LogP contribution in [-0.4, -0.2) is 49.0 Å². The first-order chi connectivity index (χ1) is 14.1. The molecular formula is C21H28N6OS. The fourth-order valence-electron chi connectivity index (χ4n) is 3.44. The number of benzene rings is 1. The fourth-order valence-corrected chi connectivity index (χ4v) is 4.10. The molecular weight excluding hydrogens is 384 g/mol. The highest BCUT2D eigenvalue weighted by molar-refractivity contribution is 7.04. The number of anilines is 2. The number of nitrogens with one attached hydrogen (secondary N) is 3. The maximum Gasteiger partial charge on any atom is 0.243 e. The van der Waals surface area contributed by atoms with E-state index >= 15 is 0 Å². The number of piperazine rings is 1. The third-order valence-electron chi connectivity index (χ3n) is 4.91. The smallest absolute Gasteiger partial charge is 0.243 e. The van der Waals surface area contributed by atoms with Crippen LogP contribution in [0, 0.1) is 17.2 Å². The Hall–Kier alpha value is -2.63. The summed E-state index contributed by atoms with van der Waals surface area (Å²) in [7, 11) is 0. The van der Waals surface area contributed by atoms with E-state index in [1.165, 1.54) is 17.2 Å². The van der Waals surface area contributed by atoms with Gasteiger partial charge in [0, 0.05) is 42.8 Å². The highest BCUT2D eigenvalue weighted by Gasteiger charge is 2.22. The molecule has 7 nitrogen and oxygen atoms in total. The monoisotopic (exact) mass is 412 g/mol. The Balaban J connectivity index is 1.75. The van der Waals surface area contributed by atoms with E-state index in [-0.39, 0.29) is 12.5 Å². The molecule has 3 rings (SSSR count). The van der Waals surface area contributed by atoms with Gasteiger partial charge in [-0.1, -0.05) is 26.0 Å². The summed E-state index contributed by atoms with van der Waals surface area (Å²) >= 11 is 1.37. The third-order valence-corrected chi connectivity index (χ3v) is 5.54. The van der Waals surface area contributed by atoms with Gasteiger partial charge in [0.2, 0.25) is 5.91 Å². The Morgan fingerprint density at radius 1 is 1.31 bits per heavy atom. The number of carbonyl (C=O) groups is 1. The molecule has 3 N–H and O–H groups in total. The second-order valence-electron chi connectivity index (χ2n) is 7.56. The number of amides is 1. The van der Waals surface area contributed by atoms with Gasteiger partial charge in [-0.05, 0) is 41.6 Å². The van der Waals surface area contributed by atoms with Crippen LogP contribution in [0.4, 0.5) is 11.5 Å². The van der Waals surface area contributed by atoms with Crippen molar-refractivity contribution in [2.24, 2.45) is 5.92 Å². The van der Waals surface area contributed by atoms with Crippen LogP contribution in [-0.2, 0) is 4.79 Å². The molecule has 2 aromatic rings. The van der Waals surface area contributed by atoms with Crippen LogP contribution in [0.2, 0.25) is 0 Å². The predicted molar refractivity (Wildman–Crippen MR) is 118 cm³/mol. The topological polar surface area (TPSA) is 93.1 Å². The summed E-state index contributed by atoms with van der Waals surface area (Å²) in [5, 5.41) is 20.1. The Morgan fingerprint density at radius 2 is 2.03 bits per heavy atom. The lowest BCUT2D eigenvalue weighted by Gasteiger charge is -2.29. The SMILES string of the molecule is CC(C)C[C@H](Nc1nscc1-c1ccc(N2CCNCC2)cc1)C(=O)NCC#N. The minimum Gasteiger partial charge on any atom is -0.369 e. The van der Waals surface area contributed by atoms with Gasteiger partial charge in [0.25, 0.3) is 0 Å². The third kappa shape index (κ3) is 5.68. The summed E-state index contributed by atoms with van der Waals surface area (Å²) in [6, 6.07) is 10.0. The van der Waals surface area contributed by atoms with E-state index in [2.05, 4.69) is 63.3 Å². The van der Waals surface area contributed by atoms with Gasteiger partial charge in [0.15, 0.2) is 0 Å². The molecule has 1 aliphatic heterocycles. The van der Waals surface area contributed by atoms with Gasteiger partial charge < -0.3 is 20.9 Å². The summed E-state index contributed by atoms with van der Waals surface area (Å²) in [5.41, 5.74) is 3.28. The first kappa shape index (κ1) is 21.1. The maximum absolute atomic E-state index is 12.5. The summed E-state index contributed by atoms with van der Waals surface area (Å²) in [4.78, 5) is 14.9. The molecule has 0 bridgehead atoms. The van der Waals surface area contributed by atoms with E-state index in [1.807, 2.05) is 11.4 Å². The zero-order chi connectivity index (χ0) is 20.6. The Kier molecular flexibility index (Phi) is 7.44. The zero-order valence-corrected chi connectivity index (χ0v) is 17.8. The number of nitrogens with zero attached hydrogens (tertiary/aromatic N) is 3. The van der Waals surface area contributed by atoms with Crippen LogP contribution in [0.25, 0.3) is 11.1 Å². The van der Waals surface area contributed by atoms with E-state index in [9.17, 15) is 4.79 Å². The average Bonchev–Trinajstić information content (AvgIpc) is 3.20. The normalized spacial score (nSPS) is 15.0. The van der Waals surface area contributed by atoms with E-state index < -0.39 is 6.04 Å². The lowest BCUT2D eigenvalue weighted by Crippen LogP contribution is -2.43. The number of hydrogen-bond donors (Lipinski definition) is 3. The summed E-state index contributed by atoms with van der Waals surface area (Å²) in [6.45, 7) is 8.20. The van der Waals surface area contributed by atoms with Crippen LogP contribution in [0.3, 0.4) is 0 Å². The van der Waals surface area contributed by atoms with E-state index in [1.54, 1.807) is 0 Å². The molecule has 1 aromatic carbocycles. The predicted octanol–water partition coefficient (Wildman–Crippen LogP) is 2.69. The number of carbonyl (C=O) groups excluding carboxylic acids is 1. The molecule has 1 fully saturated rings. The average molecular weight is 413 g/mol. The lowest BCUT2D eigenvalue weighted by atomic mass is 10.0. The van der Waals surface area contributed by atoms with E-state index in [0.29, 0.717) is 18.2 Å². The van der Waals surface area contributed by atoms with Crippen LogP contribution in [0.1, 0.15) is 20.3 Å². The second-order valence-corrected chi connectivity index (χ2v) is 8.19. The van der Waals surface area contributed by atoms with Gasteiger partial charge in [-0.15, -0.1) is 0 Å². The standard InChI is InChI=1S/C21H28N6OS/c1-15(2)13-19(21(28)24-8-7-22)25-20-18(14-29-26-20)16-3-5-17(6-4-16)27-11-9-23-10-12-27/h3-6,14-15,19,23H,8-13H2,1-2H3,(H,24,28)(H,25,26)/t19-/m0/s1. The summed E-state index contributed by atoms with van der Waals surface area (Å²) in [6.07, 6.45) is 0.663. The minimum atomic E-state index is -0.427. The van der Waals surface area contributed by atoms with Crippen molar-refractivity contribution in [3.05, 3.63) is 29.6 Å². The number of aromatic nitrogens is 1. The quantitative estimate of drug-likeness (QED) is 0.577. The largest absolute Gasteiger partial charge is 0.369 e. The molecule has 0 spiro atoms. The highest BCUT2D eigenvalue weighted by Crippen LogP contribution is 2.31. The van der Waals surface area contributed by atoms with Gasteiger partial charge in [-0.3, -0.25) is 4.79 Å². The van der Waals surface area contributed by atoms with E-state index in [4.69, 9.17) is 5.26 Å². The molecule has 1 atom stereocenters. The molecule has 154 valence electrons. The molecule has 0 saturated carbocycles. The maximum atomic E-state index is 12.5. The summed E-state index contributed by atoms with van der Waals surface area (Å²) < 4.78 is 4.48. The van der Waals surface area contributed by atoms with Gasteiger partial charge in [-0.25, -0.2) is 0 Å². The van der Waals surface area contributed by atoms with Crippen molar-refractivity contribution in [2.45, 2.75) is 26.3 Å². The highest BCUT2D eigenvalue weighted by atomic mass is 32.1. The van der Waals surface area contributed by atoms with E-state index in [0.717, 1.165) is 37.3 Å². The molecule has 1 saturated heterocycles. The Bertz CT molecular complexity index is 836.